The average molecular weight is 385 g/mol. The van der Waals surface area contributed by atoms with Gasteiger partial charge < -0.3 is 19.5 Å². The molecule has 0 aliphatic rings. The molecule has 0 aliphatic carbocycles. The first kappa shape index (κ1) is 19.2. The van der Waals surface area contributed by atoms with E-state index in [1.807, 2.05) is 6.92 Å². The van der Waals surface area contributed by atoms with Crippen LogP contribution in [0.3, 0.4) is 0 Å². The molecule has 2 unspecified atom stereocenters. The van der Waals surface area contributed by atoms with Crippen LogP contribution in [0.1, 0.15) is 35.7 Å². The third-order valence-corrected chi connectivity index (χ3v) is 4.97. The van der Waals surface area contributed by atoms with Gasteiger partial charge in [0.15, 0.2) is 0 Å². The maximum absolute atomic E-state index is 12.2. The number of aromatic hydroxyl groups is 1. The lowest BCUT2D eigenvalue weighted by Crippen LogP contribution is -2.37. The Hall–Kier alpha value is -2.09. The predicted molar refractivity (Wildman–Crippen MR) is 94.5 cm³/mol. The molecule has 6 nitrogen and oxygen atoms in total. The monoisotopic (exact) mass is 384 g/mol. The Balaban J connectivity index is 2.53. The molecule has 0 aliphatic heterocycles. The number of carboxylic acids is 1. The fourth-order valence-electron chi connectivity index (χ4n) is 2.45. The summed E-state index contributed by atoms with van der Waals surface area (Å²) in [5, 5.41) is 19.2. The summed E-state index contributed by atoms with van der Waals surface area (Å²) in [6.45, 7) is 1.83. The molecule has 0 saturated carbocycles. The molecule has 8 heteroatoms. The van der Waals surface area contributed by atoms with Crippen LogP contribution < -0.4 is 4.74 Å². The summed E-state index contributed by atoms with van der Waals surface area (Å²) in [5.41, 5.74) is 0.0762. The fourth-order valence-corrected chi connectivity index (χ4v) is 3.46. The van der Waals surface area contributed by atoms with Crippen molar-refractivity contribution in [3.63, 3.8) is 0 Å². The van der Waals surface area contributed by atoms with Gasteiger partial charge in [-0.25, -0.2) is 9.00 Å². The number of benzene rings is 2. The summed E-state index contributed by atoms with van der Waals surface area (Å²) in [4.78, 5) is 9.58. The molecule has 0 bridgehead atoms. The number of phenols is 1. The Morgan fingerprint density at radius 1 is 1.24 bits per heavy atom. The minimum Gasteiger partial charge on any atom is -0.507 e. The van der Waals surface area contributed by atoms with Gasteiger partial charge in [-0.15, -0.1) is 0 Å². The second-order valence-corrected chi connectivity index (χ2v) is 6.94. The molecule has 0 aromatic heterocycles. The van der Waals surface area contributed by atoms with Gasteiger partial charge in [-0.05, 0) is 30.3 Å². The molecule has 0 radical (unpaired) electrons. The molecule has 2 rings (SSSR count). The van der Waals surface area contributed by atoms with E-state index in [-0.39, 0.29) is 17.7 Å². The van der Waals surface area contributed by atoms with Crippen molar-refractivity contribution in [3.8, 4) is 11.5 Å². The molecule has 2 aromatic carbocycles. The van der Waals surface area contributed by atoms with Crippen LogP contribution >= 0.6 is 11.6 Å². The number of hydrogen-bond donors (Lipinski definition) is 3. The van der Waals surface area contributed by atoms with Crippen LogP contribution in [0.15, 0.2) is 42.5 Å². The Bertz CT molecular complexity index is 792. The number of aromatic carboxylic acids is 1. The topological polar surface area (TPSA) is 104 Å². The van der Waals surface area contributed by atoms with Crippen LogP contribution in [0.2, 0.25) is 5.02 Å². The quantitative estimate of drug-likeness (QED) is 0.623. The van der Waals surface area contributed by atoms with Crippen LogP contribution in [0.4, 0.5) is 0 Å². The van der Waals surface area contributed by atoms with E-state index in [9.17, 15) is 18.7 Å². The van der Waals surface area contributed by atoms with Crippen LogP contribution in [0, 0.1) is 0 Å². The van der Waals surface area contributed by atoms with Crippen LogP contribution in [0.25, 0.3) is 0 Å². The predicted octanol–water partition coefficient (Wildman–Crippen LogP) is 4.00. The first-order valence-electron chi connectivity index (χ1n) is 7.42. The van der Waals surface area contributed by atoms with Gasteiger partial charge in [0.2, 0.25) is 16.0 Å². The maximum atomic E-state index is 12.2. The van der Waals surface area contributed by atoms with E-state index in [0.29, 0.717) is 17.0 Å². The van der Waals surface area contributed by atoms with Crippen LogP contribution in [-0.4, -0.2) is 24.9 Å². The summed E-state index contributed by atoms with van der Waals surface area (Å²) in [6.07, 6.45) is 0.750. The molecule has 0 amide bonds. The molecule has 25 heavy (non-hydrogen) atoms. The second kappa shape index (κ2) is 7.86. The summed E-state index contributed by atoms with van der Waals surface area (Å²) >= 11 is 3.46. The van der Waals surface area contributed by atoms with E-state index in [0.717, 1.165) is 12.1 Å². The highest BCUT2D eigenvalue weighted by Crippen LogP contribution is 2.37. The summed E-state index contributed by atoms with van der Waals surface area (Å²) in [7, 11) is 0. The van der Waals surface area contributed by atoms with E-state index < -0.39 is 27.7 Å². The van der Waals surface area contributed by atoms with E-state index in [4.69, 9.17) is 21.4 Å². The lowest BCUT2D eigenvalue weighted by molar-refractivity contribution is 0.0692. The minimum absolute atomic E-state index is 0.0565. The first-order valence-corrected chi connectivity index (χ1v) is 8.91. The third kappa shape index (κ3) is 4.12. The van der Waals surface area contributed by atoms with Crippen molar-refractivity contribution < 1.29 is 28.5 Å². The molecule has 3 N–H and O–H groups in total. The lowest BCUT2D eigenvalue weighted by Gasteiger charge is -2.31. The lowest BCUT2D eigenvalue weighted by atomic mass is 10.0. The summed E-state index contributed by atoms with van der Waals surface area (Å²) < 4.78 is 27.9. The Labute approximate surface area is 152 Å². The highest BCUT2D eigenvalue weighted by molar-refractivity contribution is 7.80. The fraction of sp³-hybridized carbons (Fsp3) is 0.235. The van der Waals surface area contributed by atoms with E-state index in [1.165, 1.54) is 6.07 Å². The minimum atomic E-state index is -2.42. The highest BCUT2D eigenvalue weighted by Gasteiger charge is 2.41. The molecule has 0 saturated heterocycles. The van der Waals surface area contributed by atoms with Gasteiger partial charge in [0.05, 0.1) is 0 Å². The van der Waals surface area contributed by atoms with Gasteiger partial charge in [-0.1, -0.05) is 37.1 Å². The van der Waals surface area contributed by atoms with E-state index >= 15 is 0 Å². The zero-order chi connectivity index (χ0) is 18.6. The third-order valence-electron chi connectivity index (χ3n) is 3.63. The summed E-state index contributed by atoms with van der Waals surface area (Å²) in [5.74, 6) is -1.70. The standard InChI is InChI=1S/C17H17ClO6S/c1-2-9-17(25(22)23,11-3-5-12(18)6-4-11)24-13-7-8-15(19)14(10-13)16(20)21/h3-8,10,19H,2,9H2,1H3,(H,20,21)(H,22,23). The van der Waals surface area contributed by atoms with Crippen molar-refractivity contribution >= 4 is 28.7 Å². The van der Waals surface area contributed by atoms with Crippen molar-refractivity contribution in [1.82, 2.24) is 0 Å². The van der Waals surface area contributed by atoms with Gasteiger partial charge >= 0.3 is 5.97 Å². The number of hydrogen-bond acceptors (Lipinski definition) is 4. The molecule has 134 valence electrons. The number of carbonyl (C=O) groups is 1. The summed E-state index contributed by atoms with van der Waals surface area (Å²) in [6, 6.07) is 9.96. The Morgan fingerprint density at radius 2 is 1.88 bits per heavy atom. The Kier molecular flexibility index (Phi) is 6.05. The molecular weight excluding hydrogens is 368 g/mol. The zero-order valence-electron chi connectivity index (χ0n) is 13.3. The maximum Gasteiger partial charge on any atom is 0.339 e. The molecule has 0 spiro atoms. The van der Waals surface area contributed by atoms with E-state index in [1.54, 1.807) is 24.3 Å². The van der Waals surface area contributed by atoms with Crippen molar-refractivity contribution in [3.05, 3.63) is 58.6 Å². The van der Waals surface area contributed by atoms with Crippen molar-refractivity contribution in [2.24, 2.45) is 0 Å². The van der Waals surface area contributed by atoms with Crippen LogP contribution in [0.5, 0.6) is 11.5 Å². The number of ether oxygens (including phenoxy) is 1. The van der Waals surface area contributed by atoms with Crippen molar-refractivity contribution in [1.29, 1.82) is 0 Å². The SMILES string of the molecule is CCCC(Oc1ccc(O)c(C(=O)O)c1)(c1ccc(Cl)cc1)S(=O)O. The molecular formula is C17H17ClO6S. The molecule has 2 atom stereocenters. The number of carboxylic acid groups (broad SMARTS) is 1. The number of rotatable bonds is 7. The smallest absolute Gasteiger partial charge is 0.339 e. The van der Waals surface area contributed by atoms with Gasteiger partial charge in [0, 0.05) is 17.0 Å². The van der Waals surface area contributed by atoms with Gasteiger partial charge in [0.1, 0.15) is 17.1 Å². The van der Waals surface area contributed by atoms with Crippen molar-refractivity contribution in [2.75, 3.05) is 0 Å². The number of halogens is 1. The zero-order valence-corrected chi connectivity index (χ0v) is 14.9. The largest absolute Gasteiger partial charge is 0.507 e. The van der Waals surface area contributed by atoms with Crippen molar-refractivity contribution in [2.45, 2.75) is 24.7 Å². The van der Waals surface area contributed by atoms with Gasteiger partial charge in [0.25, 0.3) is 0 Å². The van der Waals surface area contributed by atoms with Gasteiger partial charge in [-0.2, -0.15) is 0 Å². The van der Waals surface area contributed by atoms with Gasteiger partial charge in [-0.3, -0.25) is 0 Å². The Morgan fingerprint density at radius 3 is 2.40 bits per heavy atom. The molecule has 0 heterocycles. The average Bonchev–Trinajstić information content (AvgIpc) is 2.56. The second-order valence-electron chi connectivity index (χ2n) is 5.35. The highest BCUT2D eigenvalue weighted by atomic mass is 35.5. The van der Waals surface area contributed by atoms with E-state index in [2.05, 4.69) is 0 Å². The first-order chi connectivity index (χ1) is 11.8. The van der Waals surface area contributed by atoms with Crippen LogP contribution in [-0.2, 0) is 16.0 Å². The molecule has 2 aromatic rings. The molecule has 0 fully saturated rings. The normalized spacial score (nSPS) is 14.5.